The summed E-state index contributed by atoms with van der Waals surface area (Å²) >= 11 is 0. The number of hydrogen-bond donors (Lipinski definition) is 0. The first kappa shape index (κ1) is 37.4. The van der Waals surface area contributed by atoms with E-state index in [1.807, 2.05) is 96.8 Å². The van der Waals surface area contributed by atoms with Crippen molar-refractivity contribution in [2.24, 2.45) is 0 Å². The van der Waals surface area contributed by atoms with Crippen molar-refractivity contribution in [1.82, 2.24) is 14.1 Å². The zero-order valence-electron chi connectivity index (χ0n) is 51.6. The van der Waals surface area contributed by atoms with Crippen LogP contribution < -0.4 is 9.30 Å². The molecule has 6 heteroatoms. The molecule has 3 aromatic heterocycles. The van der Waals surface area contributed by atoms with Crippen LogP contribution in [0.2, 0.25) is 0 Å². The molecule has 0 N–H and O–H groups in total. The Bertz CT molecular complexity index is 4340. The fourth-order valence-electron chi connectivity index (χ4n) is 9.28. The fraction of sp³-hybridized carbons (Fsp3) is 0.182. The summed E-state index contributed by atoms with van der Waals surface area (Å²) in [5.74, 6) is 1.59. The molecule has 0 fully saturated rings. The van der Waals surface area contributed by atoms with Gasteiger partial charge in [0.15, 0.2) is 0 Å². The maximum Gasteiger partial charge on any atom is 0.268 e. The Morgan fingerprint density at radius 1 is 0.542 bits per heavy atom. The molecule has 0 aliphatic carbocycles. The van der Waals surface area contributed by atoms with Crippen molar-refractivity contribution < 1.29 is 44.1 Å². The van der Waals surface area contributed by atoms with Crippen molar-refractivity contribution in [2.75, 3.05) is 0 Å². The van der Waals surface area contributed by atoms with Crippen molar-refractivity contribution in [3.05, 3.63) is 223 Å². The monoisotopic (exact) mass is 1130 g/mol. The first-order valence-electron chi connectivity index (χ1n) is 28.8. The molecule has 11 rings (SSSR count). The molecule has 360 valence electrons. The average Bonchev–Trinajstić information content (AvgIpc) is 1.91. The maximum atomic E-state index is 9.39. The van der Waals surface area contributed by atoms with Crippen LogP contribution in [0, 0.1) is 18.5 Å². The van der Waals surface area contributed by atoms with Crippen LogP contribution in [0.1, 0.15) is 92.7 Å². The number of fused-ring (bicyclic) bond motifs is 4. The van der Waals surface area contributed by atoms with E-state index in [1.165, 1.54) is 5.56 Å². The van der Waals surface area contributed by atoms with Gasteiger partial charge in [-0.05, 0) is 108 Å². The van der Waals surface area contributed by atoms with Gasteiger partial charge in [0.05, 0.1) is 30.4 Å². The van der Waals surface area contributed by atoms with Gasteiger partial charge in [0.25, 0.3) is 6.33 Å². The van der Waals surface area contributed by atoms with Gasteiger partial charge in [-0.2, -0.15) is 18.2 Å². The van der Waals surface area contributed by atoms with E-state index < -0.39 is 65.8 Å². The standard InChI is InChI=1S/C66H58N4O.Pt/c1-64(2,3)49-30-27-45(28-31-49)47-29-34-59-61(39-47)68(43-69(59)63-56(46-21-14-11-15-22-46)37-48(38-57(63)66(7,8)9)44-19-12-10-13-20-44)51-23-18-24-52(41-51)71-53-32-33-55-54-25-16-17-26-58(54)70(60(55)42-53)62-40-50(35-36-67-62)65(4,5)6;/h10-40H,1-9H3;/q-2;/i10D,11D,12D,13D,14D,15D,19D,20D,21D,22D;. The molecule has 11 aromatic rings. The van der Waals surface area contributed by atoms with Gasteiger partial charge in [-0.15, -0.1) is 29.7 Å². The molecule has 0 saturated carbocycles. The minimum Gasteiger partial charge on any atom is -0.510 e. The third-order valence-electron chi connectivity index (χ3n) is 13.1. The van der Waals surface area contributed by atoms with Gasteiger partial charge in [-0.1, -0.05) is 189 Å². The van der Waals surface area contributed by atoms with Gasteiger partial charge in [0.1, 0.15) is 5.82 Å². The minimum atomic E-state index is -0.792. The molecular formula is C66H58N4OPt-2. The zero-order chi connectivity index (χ0) is 57.9. The minimum absolute atomic E-state index is 0. The Labute approximate surface area is 452 Å². The molecule has 8 aromatic carbocycles. The number of hydrogen-bond acceptors (Lipinski definition) is 2. The zero-order valence-corrected chi connectivity index (χ0v) is 43.9. The molecule has 0 aliphatic rings. The summed E-state index contributed by atoms with van der Waals surface area (Å²) in [5, 5.41) is 2.03. The number of pyridine rings is 1. The largest absolute Gasteiger partial charge is 0.510 e. The Morgan fingerprint density at radius 3 is 1.93 bits per heavy atom. The number of benzene rings is 8. The summed E-state index contributed by atoms with van der Waals surface area (Å²) in [6, 6.07) is 41.6. The number of ether oxygens (including phenoxy) is 1. The maximum absolute atomic E-state index is 9.39. The van der Waals surface area contributed by atoms with Gasteiger partial charge >= 0.3 is 0 Å². The molecule has 5 nitrogen and oxygen atoms in total. The molecule has 72 heavy (non-hydrogen) atoms. The van der Waals surface area contributed by atoms with Crippen LogP contribution in [0.25, 0.3) is 83.4 Å². The third kappa shape index (κ3) is 9.12. The Hall–Kier alpha value is -7.33. The molecule has 0 unspecified atom stereocenters. The van der Waals surface area contributed by atoms with E-state index in [-0.39, 0.29) is 54.1 Å². The molecule has 0 aliphatic heterocycles. The van der Waals surface area contributed by atoms with Crippen LogP contribution in [0.4, 0.5) is 0 Å². The summed E-state index contributed by atoms with van der Waals surface area (Å²) in [4.78, 5) is 4.85. The number of imidazole rings is 1. The smallest absolute Gasteiger partial charge is 0.268 e. The molecule has 0 amide bonds. The van der Waals surface area contributed by atoms with E-state index in [1.54, 1.807) is 12.1 Å². The number of rotatable bonds is 8. The van der Waals surface area contributed by atoms with Crippen LogP contribution in [-0.4, -0.2) is 14.1 Å². The van der Waals surface area contributed by atoms with Gasteiger partial charge in [-0.25, -0.2) is 4.98 Å². The van der Waals surface area contributed by atoms with E-state index >= 15 is 0 Å². The van der Waals surface area contributed by atoms with E-state index in [9.17, 15) is 2.74 Å². The first-order valence-corrected chi connectivity index (χ1v) is 23.8. The second kappa shape index (κ2) is 18.7. The molecule has 0 spiro atoms. The van der Waals surface area contributed by atoms with E-state index in [4.69, 9.17) is 20.7 Å². The van der Waals surface area contributed by atoms with Crippen molar-refractivity contribution >= 4 is 32.8 Å². The van der Waals surface area contributed by atoms with Gasteiger partial charge < -0.3 is 13.9 Å². The van der Waals surface area contributed by atoms with Crippen molar-refractivity contribution in [1.29, 1.82) is 0 Å². The summed E-state index contributed by atoms with van der Waals surface area (Å²) in [6.45, 7) is 18.9. The summed E-state index contributed by atoms with van der Waals surface area (Å²) < 4.78 is 101. The van der Waals surface area contributed by atoms with E-state index in [0.29, 0.717) is 39.5 Å². The van der Waals surface area contributed by atoms with Crippen LogP contribution >= 0.6 is 0 Å². The predicted octanol–water partition coefficient (Wildman–Crippen LogP) is 16.5. The summed E-state index contributed by atoms with van der Waals surface area (Å²) in [5.41, 5.74) is 7.91. The Balaban J connectivity index is 0.00000753. The van der Waals surface area contributed by atoms with Gasteiger partial charge in [0, 0.05) is 44.3 Å². The number of nitrogens with zero attached hydrogens (tertiary/aromatic N) is 4. The van der Waals surface area contributed by atoms with Crippen LogP contribution in [0.3, 0.4) is 0 Å². The Morgan fingerprint density at radius 2 is 1.22 bits per heavy atom. The van der Waals surface area contributed by atoms with Crippen LogP contribution in [0.15, 0.2) is 188 Å². The fourth-order valence-corrected chi connectivity index (χ4v) is 9.28. The molecule has 0 bridgehead atoms. The predicted molar refractivity (Wildman–Crippen MR) is 292 cm³/mol. The molecular weight excluding hydrogens is 1060 g/mol. The molecule has 0 saturated heterocycles. The molecule has 3 heterocycles. The van der Waals surface area contributed by atoms with Crippen LogP contribution in [-0.2, 0) is 37.3 Å². The second-order valence-electron chi connectivity index (χ2n) is 21.1. The van der Waals surface area contributed by atoms with Gasteiger partial charge in [0.2, 0.25) is 0 Å². The van der Waals surface area contributed by atoms with E-state index in [0.717, 1.165) is 44.3 Å². The second-order valence-corrected chi connectivity index (χ2v) is 21.1. The van der Waals surface area contributed by atoms with E-state index in [2.05, 4.69) is 113 Å². The normalized spacial score (nSPS) is 14.1. The SMILES string of the molecule is [2H]c1c([2H])c([2H])c(-c2cc(-c3c([2H])c([2H])c([2H])c([2H])c3[2H])c(-[n+]3[c-]n(-c4[c-]c(Oc5[c-]c6c(cc5)c5ccccc5n6-c5cc(C(C)(C)C)ccn5)ccc4)c4cc(-c5ccc(C(C)(C)C)cc5)ccc43)c(C(C)(C)C)c2)c([2H])c1[2H].[Pt]. The summed E-state index contributed by atoms with van der Waals surface area (Å²) in [7, 11) is 0. The number of aromatic nitrogens is 4. The molecule has 0 atom stereocenters. The number of para-hydroxylation sites is 1. The van der Waals surface area contributed by atoms with Crippen LogP contribution in [0.5, 0.6) is 11.5 Å². The van der Waals surface area contributed by atoms with Crippen molar-refractivity contribution in [3.63, 3.8) is 0 Å². The Kier molecular flexibility index (Phi) is 9.72. The van der Waals surface area contributed by atoms with Gasteiger partial charge in [-0.3, -0.25) is 4.57 Å². The first-order chi connectivity index (χ1) is 38.2. The third-order valence-corrected chi connectivity index (χ3v) is 13.1. The quantitative estimate of drug-likeness (QED) is 0.112. The summed E-state index contributed by atoms with van der Waals surface area (Å²) in [6.07, 6.45) is 5.47. The van der Waals surface area contributed by atoms with Crippen molar-refractivity contribution in [2.45, 2.75) is 78.6 Å². The molecule has 0 radical (unpaired) electrons. The average molecular weight is 1130 g/mol. The topological polar surface area (TPSA) is 35.9 Å². The van der Waals surface area contributed by atoms with Crippen molar-refractivity contribution in [3.8, 4) is 62.1 Å².